The predicted molar refractivity (Wildman–Crippen MR) is 121 cm³/mol. The van der Waals surface area contributed by atoms with E-state index in [1.807, 2.05) is 29.2 Å². The second-order valence-electron chi connectivity index (χ2n) is 8.71. The summed E-state index contributed by atoms with van der Waals surface area (Å²) in [6.07, 6.45) is 0.702. The van der Waals surface area contributed by atoms with Crippen LogP contribution in [0.15, 0.2) is 72.8 Å². The van der Waals surface area contributed by atoms with Crippen LogP contribution >= 0.6 is 0 Å². The molecule has 4 heteroatoms. The van der Waals surface area contributed by atoms with E-state index in [0.717, 1.165) is 12.0 Å². The number of phenolic OH excluding ortho intramolecular Hbond substituents is 1. The molecule has 2 atom stereocenters. The molecule has 1 aliphatic heterocycles. The first kappa shape index (κ1) is 19.7. The zero-order valence-corrected chi connectivity index (χ0v) is 17.7. The van der Waals surface area contributed by atoms with Gasteiger partial charge in [0.15, 0.2) is 0 Å². The van der Waals surface area contributed by atoms with E-state index in [1.54, 1.807) is 12.1 Å². The van der Waals surface area contributed by atoms with E-state index in [1.165, 1.54) is 22.3 Å². The average molecular weight is 414 g/mol. The van der Waals surface area contributed by atoms with Crippen molar-refractivity contribution in [2.45, 2.75) is 25.2 Å². The maximum atomic E-state index is 13.0. The third-order valence-electron chi connectivity index (χ3n) is 6.87. The molecule has 0 spiro atoms. The van der Waals surface area contributed by atoms with Gasteiger partial charge in [-0.2, -0.15) is 0 Å². The minimum absolute atomic E-state index is 0.0768. The summed E-state index contributed by atoms with van der Waals surface area (Å²) in [6, 6.07) is 24.1. The Balaban J connectivity index is 1.29. The minimum Gasteiger partial charge on any atom is -0.508 e. The molecule has 1 amide bonds. The largest absolute Gasteiger partial charge is 0.508 e. The van der Waals surface area contributed by atoms with E-state index in [9.17, 15) is 9.90 Å². The van der Waals surface area contributed by atoms with Crippen LogP contribution in [-0.2, 0) is 4.74 Å². The average Bonchev–Trinajstić information content (AvgIpc) is 3.12. The van der Waals surface area contributed by atoms with Crippen molar-refractivity contribution in [2.24, 2.45) is 5.92 Å². The Kier molecular flexibility index (Phi) is 5.14. The van der Waals surface area contributed by atoms with Crippen molar-refractivity contribution in [1.82, 2.24) is 4.90 Å². The molecule has 0 unspecified atom stereocenters. The number of rotatable bonds is 3. The van der Waals surface area contributed by atoms with Crippen LogP contribution in [-0.4, -0.2) is 35.8 Å². The smallest absolute Gasteiger partial charge is 0.409 e. The number of amides is 1. The van der Waals surface area contributed by atoms with Gasteiger partial charge in [0.05, 0.1) is 0 Å². The molecule has 1 aliphatic carbocycles. The molecule has 0 bridgehead atoms. The number of likely N-dealkylation sites (tertiary alicyclic amines) is 1. The topological polar surface area (TPSA) is 49.8 Å². The molecular weight excluding hydrogens is 386 g/mol. The van der Waals surface area contributed by atoms with Crippen LogP contribution in [0.1, 0.15) is 41.9 Å². The first-order chi connectivity index (χ1) is 15.1. The number of ether oxygens (including phenoxy) is 1. The molecule has 3 aromatic carbocycles. The Morgan fingerprint density at radius 2 is 1.58 bits per heavy atom. The SMILES string of the molecule is C[C@@H]1CCN(C(=O)OCC2c3ccccc3-c3ccccc32)C[C@@H]1c1ccc(O)cc1. The molecule has 31 heavy (non-hydrogen) atoms. The Morgan fingerprint density at radius 1 is 0.968 bits per heavy atom. The molecule has 1 fully saturated rings. The van der Waals surface area contributed by atoms with Crippen molar-refractivity contribution in [3.63, 3.8) is 0 Å². The third kappa shape index (κ3) is 3.67. The van der Waals surface area contributed by atoms with Crippen LogP contribution in [0.25, 0.3) is 11.1 Å². The Labute approximate surface area is 183 Å². The van der Waals surface area contributed by atoms with Gasteiger partial charge in [-0.3, -0.25) is 0 Å². The van der Waals surface area contributed by atoms with Gasteiger partial charge in [0, 0.05) is 24.9 Å². The van der Waals surface area contributed by atoms with Gasteiger partial charge < -0.3 is 14.7 Å². The lowest BCUT2D eigenvalue weighted by molar-refractivity contribution is 0.0813. The summed E-state index contributed by atoms with van der Waals surface area (Å²) in [5.74, 6) is 1.06. The molecule has 1 N–H and O–H groups in total. The number of hydrogen-bond donors (Lipinski definition) is 1. The fourth-order valence-corrected chi connectivity index (χ4v) is 5.08. The van der Waals surface area contributed by atoms with E-state index < -0.39 is 0 Å². The lowest BCUT2D eigenvalue weighted by Gasteiger charge is -2.37. The zero-order valence-electron chi connectivity index (χ0n) is 17.7. The first-order valence-corrected chi connectivity index (χ1v) is 11.0. The van der Waals surface area contributed by atoms with Crippen molar-refractivity contribution in [1.29, 1.82) is 0 Å². The fourth-order valence-electron chi connectivity index (χ4n) is 5.08. The molecule has 3 aromatic rings. The lowest BCUT2D eigenvalue weighted by atomic mass is 9.82. The summed E-state index contributed by atoms with van der Waals surface area (Å²) in [6.45, 7) is 3.93. The van der Waals surface area contributed by atoms with Crippen molar-refractivity contribution >= 4 is 6.09 Å². The van der Waals surface area contributed by atoms with Gasteiger partial charge in [0.1, 0.15) is 12.4 Å². The summed E-state index contributed by atoms with van der Waals surface area (Å²) < 4.78 is 5.86. The lowest BCUT2D eigenvalue weighted by Crippen LogP contribution is -2.42. The van der Waals surface area contributed by atoms with Crippen molar-refractivity contribution in [3.8, 4) is 16.9 Å². The Morgan fingerprint density at radius 3 is 2.23 bits per heavy atom. The van der Waals surface area contributed by atoms with E-state index in [4.69, 9.17) is 4.74 Å². The van der Waals surface area contributed by atoms with Crippen LogP contribution < -0.4 is 0 Å². The summed E-state index contributed by atoms with van der Waals surface area (Å²) >= 11 is 0. The van der Waals surface area contributed by atoms with Gasteiger partial charge in [0.2, 0.25) is 0 Å². The van der Waals surface area contributed by atoms with Crippen LogP contribution in [0.5, 0.6) is 5.75 Å². The molecule has 5 rings (SSSR count). The number of aromatic hydroxyl groups is 1. The molecule has 158 valence electrons. The molecule has 0 saturated carbocycles. The quantitative estimate of drug-likeness (QED) is 0.593. The maximum absolute atomic E-state index is 13.0. The van der Waals surface area contributed by atoms with Crippen LogP contribution in [0.2, 0.25) is 0 Å². The minimum atomic E-state index is -0.238. The predicted octanol–water partition coefficient (Wildman–Crippen LogP) is 5.77. The highest BCUT2D eigenvalue weighted by Crippen LogP contribution is 2.44. The monoisotopic (exact) mass is 413 g/mol. The Hall–Kier alpha value is -3.27. The van der Waals surface area contributed by atoms with E-state index in [2.05, 4.69) is 43.3 Å². The van der Waals surface area contributed by atoms with Gasteiger partial charge in [-0.05, 0) is 52.3 Å². The molecule has 1 saturated heterocycles. The number of fused-ring (bicyclic) bond motifs is 3. The molecule has 0 aromatic heterocycles. The number of carbonyl (C=O) groups excluding carboxylic acids is 1. The van der Waals surface area contributed by atoms with E-state index >= 15 is 0 Å². The van der Waals surface area contributed by atoms with Gasteiger partial charge in [-0.1, -0.05) is 67.6 Å². The molecule has 2 aliphatic rings. The van der Waals surface area contributed by atoms with Crippen LogP contribution in [0.4, 0.5) is 4.79 Å². The summed E-state index contributed by atoms with van der Waals surface area (Å²) in [7, 11) is 0. The second-order valence-corrected chi connectivity index (χ2v) is 8.71. The first-order valence-electron chi connectivity index (χ1n) is 11.0. The number of carbonyl (C=O) groups is 1. The van der Waals surface area contributed by atoms with Gasteiger partial charge >= 0.3 is 6.09 Å². The highest BCUT2D eigenvalue weighted by Gasteiger charge is 2.33. The second kappa shape index (κ2) is 8.10. The number of piperidine rings is 1. The molecular formula is C27H27NO3. The van der Waals surface area contributed by atoms with Gasteiger partial charge in [-0.25, -0.2) is 4.79 Å². The van der Waals surface area contributed by atoms with Crippen LogP contribution in [0.3, 0.4) is 0 Å². The normalized spacial score (nSPS) is 20.2. The highest BCUT2D eigenvalue weighted by atomic mass is 16.6. The summed E-state index contributed by atoms with van der Waals surface area (Å²) in [4.78, 5) is 14.8. The van der Waals surface area contributed by atoms with Crippen LogP contribution in [0, 0.1) is 5.92 Å². The molecule has 4 nitrogen and oxygen atoms in total. The number of benzene rings is 3. The third-order valence-corrected chi connectivity index (χ3v) is 6.87. The molecule has 1 heterocycles. The summed E-state index contributed by atoms with van der Waals surface area (Å²) in [5, 5.41) is 9.59. The maximum Gasteiger partial charge on any atom is 0.409 e. The zero-order chi connectivity index (χ0) is 21.4. The molecule has 0 radical (unpaired) electrons. The van der Waals surface area contributed by atoms with E-state index in [-0.39, 0.29) is 23.7 Å². The Bertz CT molecular complexity index is 1050. The highest BCUT2D eigenvalue weighted by molar-refractivity contribution is 5.79. The summed E-state index contributed by atoms with van der Waals surface area (Å²) in [5.41, 5.74) is 6.08. The number of nitrogens with zero attached hydrogens (tertiary/aromatic N) is 1. The fraction of sp³-hybridized carbons (Fsp3) is 0.296. The number of phenols is 1. The van der Waals surface area contributed by atoms with Crippen molar-refractivity contribution in [2.75, 3.05) is 19.7 Å². The number of hydrogen-bond acceptors (Lipinski definition) is 3. The van der Waals surface area contributed by atoms with E-state index in [0.29, 0.717) is 25.6 Å². The standard InChI is InChI=1S/C27H27NO3/c1-18-14-15-28(16-25(18)19-10-12-20(29)13-11-19)27(30)31-17-26-23-8-4-2-6-21(23)22-7-3-5-9-24(22)26/h2-13,18,25-26,29H,14-17H2,1H3/t18-,25+/m1/s1. The van der Waals surface area contributed by atoms with Crippen molar-refractivity contribution < 1.29 is 14.6 Å². The van der Waals surface area contributed by atoms with Gasteiger partial charge in [-0.15, -0.1) is 0 Å². The van der Waals surface area contributed by atoms with Gasteiger partial charge in [0.25, 0.3) is 0 Å². The van der Waals surface area contributed by atoms with Crippen molar-refractivity contribution in [3.05, 3.63) is 89.5 Å².